The Hall–Kier alpha value is -4.01. The monoisotopic (exact) mass is 489 g/mol. The van der Waals surface area contributed by atoms with Crippen molar-refractivity contribution in [2.24, 2.45) is 5.92 Å². The lowest BCUT2D eigenvalue weighted by Crippen LogP contribution is -2.34. The number of benzene rings is 1. The molecule has 0 aliphatic carbocycles. The van der Waals surface area contributed by atoms with Crippen LogP contribution in [0.4, 0.5) is 5.69 Å². The van der Waals surface area contributed by atoms with Crippen molar-refractivity contribution in [3.63, 3.8) is 0 Å². The molecule has 9 heteroatoms. The van der Waals surface area contributed by atoms with Crippen molar-refractivity contribution in [1.29, 1.82) is 0 Å². The number of aliphatic carboxylic acids is 1. The molecule has 4 rings (SSSR count). The summed E-state index contributed by atoms with van der Waals surface area (Å²) in [6.07, 6.45) is 4.32. The number of amides is 1. The Balaban J connectivity index is 1.35. The van der Waals surface area contributed by atoms with Crippen molar-refractivity contribution in [1.82, 2.24) is 20.3 Å². The van der Waals surface area contributed by atoms with E-state index in [1.54, 1.807) is 6.92 Å². The fourth-order valence-corrected chi connectivity index (χ4v) is 4.54. The van der Waals surface area contributed by atoms with Gasteiger partial charge in [0.05, 0.1) is 5.69 Å². The molecule has 0 spiro atoms. The number of hydrogen-bond donors (Lipinski definition) is 3. The van der Waals surface area contributed by atoms with Gasteiger partial charge >= 0.3 is 5.97 Å². The summed E-state index contributed by atoms with van der Waals surface area (Å²) in [5, 5.41) is 21.2. The van der Waals surface area contributed by atoms with Crippen LogP contribution < -0.4 is 10.2 Å². The van der Waals surface area contributed by atoms with Gasteiger partial charge in [-0.1, -0.05) is 25.1 Å². The largest absolute Gasteiger partial charge is 0.504 e. The van der Waals surface area contributed by atoms with Crippen molar-refractivity contribution in [2.75, 3.05) is 24.5 Å². The van der Waals surface area contributed by atoms with E-state index in [2.05, 4.69) is 56.4 Å². The van der Waals surface area contributed by atoms with Gasteiger partial charge in [-0.05, 0) is 55.5 Å². The summed E-state index contributed by atoms with van der Waals surface area (Å²) in [6, 6.07) is 14.7. The molecule has 0 bridgehead atoms. The van der Waals surface area contributed by atoms with Crippen molar-refractivity contribution >= 4 is 17.6 Å². The zero-order chi connectivity index (χ0) is 25.7. The molecule has 1 unspecified atom stereocenters. The average molecular weight is 490 g/mol. The molecule has 2 aromatic heterocycles. The van der Waals surface area contributed by atoms with E-state index in [9.17, 15) is 14.7 Å². The maximum absolute atomic E-state index is 12.3. The second-order valence-electron chi connectivity index (χ2n) is 9.20. The number of hydrogen-bond acceptors (Lipinski definition) is 7. The van der Waals surface area contributed by atoms with Crippen molar-refractivity contribution in [2.45, 2.75) is 39.0 Å². The number of anilines is 1. The predicted molar refractivity (Wildman–Crippen MR) is 135 cm³/mol. The second kappa shape index (κ2) is 11.2. The molecule has 9 nitrogen and oxygen atoms in total. The summed E-state index contributed by atoms with van der Waals surface area (Å²) in [4.78, 5) is 38.5. The number of rotatable bonds is 8. The number of aryl methyl sites for hydroxylation is 1. The third kappa shape index (κ3) is 5.97. The zero-order valence-corrected chi connectivity index (χ0v) is 20.5. The van der Waals surface area contributed by atoms with E-state index < -0.39 is 18.4 Å². The summed E-state index contributed by atoms with van der Waals surface area (Å²) in [6.45, 7) is 5.04. The maximum Gasteiger partial charge on any atom is 0.322 e. The van der Waals surface area contributed by atoms with Gasteiger partial charge in [0, 0.05) is 43.0 Å². The van der Waals surface area contributed by atoms with Crippen LogP contribution in [0.2, 0.25) is 0 Å². The Morgan fingerprint density at radius 3 is 2.47 bits per heavy atom. The first-order valence-corrected chi connectivity index (χ1v) is 12.1. The molecule has 3 aromatic rings. The Labute approximate surface area is 210 Å². The first-order chi connectivity index (χ1) is 17.3. The van der Waals surface area contributed by atoms with Crippen LogP contribution in [0, 0.1) is 12.8 Å². The highest BCUT2D eigenvalue weighted by Gasteiger charge is 2.24. The molecule has 1 aliphatic heterocycles. The number of carboxylic acids is 1. The number of carboxylic acid groups (broad SMARTS) is 1. The third-order valence-corrected chi connectivity index (χ3v) is 6.70. The van der Waals surface area contributed by atoms with E-state index >= 15 is 0 Å². The van der Waals surface area contributed by atoms with E-state index in [0.29, 0.717) is 23.9 Å². The van der Waals surface area contributed by atoms with E-state index in [-0.39, 0.29) is 17.4 Å². The van der Waals surface area contributed by atoms with Gasteiger partial charge in [-0.2, -0.15) is 0 Å². The molecule has 36 heavy (non-hydrogen) atoms. The van der Waals surface area contributed by atoms with Gasteiger partial charge in [0.25, 0.3) is 5.91 Å². The molecule has 1 amide bonds. The van der Waals surface area contributed by atoms with Crippen molar-refractivity contribution < 1.29 is 19.8 Å². The van der Waals surface area contributed by atoms with Crippen molar-refractivity contribution in [3.8, 4) is 5.75 Å². The van der Waals surface area contributed by atoms with Crippen LogP contribution in [-0.4, -0.2) is 56.7 Å². The highest BCUT2D eigenvalue weighted by Crippen LogP contribution is 2.29. The average Bonchev–Trinajstić information content (AvgIpc) is 2.90. The Bertz CT molecular complexity index is 1210. The number of piperidine rings is 1. The maximum atomic E-state index is 12.3. The molecule has 1 atom stereocenters. The lowest BCUT2D eigenvalue weighted by molar-refractivity contribution is -0.135. The van der Waals surface area contributed by atoms with Crippen LogP contribution in [0.15, 0.2) is 48.7 Å². The summed E-state index contributed by atoms with van der Waals surface area (Å²) in [5.41, 5.74) is 3.60. The van der Waals surface area contributed by atoms with Crippen LogP contribution in [0.3, 0.4) is 0 Å². The minimum atomic E-state index is -1.17. The van der Waals surface area contributed by atoms with Crippen LogP contribution >= 0.6 is 0 Å². The highest BCUT2D eigenvalue weighted by molar-refractivity contribution is 5.96. The topological polar surface area (TPSA) is 129 Å². The van der Waals surface area contributed by atoms with Gasteiger partial charge in [-0.3, -0.25) is 14.6 Å². The fourth-order valence-electron chi connectivity index (χ4n) is 4.54. The number of nitrogens with one attached hydrogen (secondary N) is 1. The quantitative estimate of drug-likeness (QED) is 0.440. The Kier molecular flexibility index (Phi) is 7.77. The zero-order valence-electron chi connectivity index (χ0n) is 20.5. The number of pyridine rings is 1. The fraction of sp³-hybridized carbons (Fsp3) is 0.370. The molecule has 188 valence electrons. The molecule has 1 aliphatic rings. The SMILES string of the molecule is Cc1nc(CC2CCN(c3ccc(C(C)c4ccccn4)cc3)CC2)nc(C(=O)NCC(=O)O)c1O. The molecule has 3 heterocycles. The first-order valence-electron chi connectivity index (χ1n) is 12.1. The minimum Gasteiger partial charge on any atom is -0.504 e. The van der Waals surface area contributed by atoms with Gasteiger partial charge in [-0.25, -0.2) is 9.97 Å². The normalized spacial score (nSPS) is 14.9. The summed E-state index contributed by atoms with van der Waals surface area (Å²) in [5.74, 6) is -1.15. The standard InChI is InChI=1S/C27H31N5O4/c1-17(22-5-3-4-12-28-22)20-6-8-21(9-7-20)32-13-10-19(11-14-32)15-23-30-18(2)26(35)25(31-23)27(36)29-16-24(33)34/h3-9,12,17,19,35H,10-11,13-16H2,1-2H3,(H,29,36)(H,33,34). The first kappa shape index (κ1) is 25.1. The van der Waals surface area contributed by atoms with E-state index in [1.165, 1.54) is 11.3 Å². The number of carbonyl (C=O) groups excluding carboxylic acids is 1. The van der Waals surface area contributed by atoms with Crippen LogP contribution in [0.25, 0.3) is 0 Å². The molecule has 1 aromatic carbocycles. The number of carbonyl (C=O) groups is 2. The van der Waals surface area contributed by atoms with Crippen molar-refractivity contribution in [3.05, 3.63) is 77.1 Å². The molecule has 1 saturated heterocycles. The second-order valence-corrected chi connectivity index (χ2v) is 9.20. The van der Waals surface area contributed by atoms with Gasteiger partial charge in [0.2, 0.25) is 0 Å². The number of nitrogens with zero attached hydrogens (tertiary/aromatic N) is 4. The number of aromatic nitrogens is 3. The molecular weight excluding hydrogens is 458 g/mol. The van der Waals surface area contributed by atoms with Gasteiger partial charge < -0.3 is 20.4 Å². The van der Waals surface area contributed by atoms with E-state index in [0.717, 1.165) is 31.6 Å². The van der Waals surface area contributed by atoms with Gasteiger partial charge in [-0.15, -0.1) is 0 Å². The molecule has 3 N–H and O–H groups in total. The van der Waals surface area contributed by atoms with Crippen LogP contribution in [0.5, 0.6) is 5.75 Å². The van der Waals surface area contributed by atoms with E-state index in [1.807, 2.05) is 24.4 Å². The third-order valence-electron chi connectivity index (χ3n) is 6.70. The van der Waals surface area contributed by atoms with Crippen LogP contribution in [0.1, 0.15) is 58.9 Å². The van der Waals surface area contributed by atoms with E-state index in [4.69, 9.17) is 5.11 Å². The highest BCUT2D eigenvalue weighted by atomic mass is 16.4. The lowest BCUT2D eigenvalue weighted by Gasteiger charge is -2.33. The number of aromatic hydroxyl groups is 1. The van der Waals surface area contributed by atoms with Gasteiger partial charge in [0.1, 0.15) is 12.4 Å². The Morgan fingerprint density at radius 1 is 1.11 bits per heavy atom. The molecule has 1 fully saturated rings. The minimum absolute atomic E-state index is 0.184. The smallest absolute Gasteiger partial charge is 0.322 e. The van der Waals surface area contributed by atoms with Gasteiger partial charge in [0.15, 0.2) is 11.4 Å². The summed E-state index contributed by atoms with van der Waals surface area (Å²) < 4.78 is 0. The Morgan fingerprint density at radius 2 is 1.83 bits per heavy atom. The lowest BCUT2D eigenvalue weighted by atomic mass is 9.92. The molecular formula is C27H31N5O4. The van der Waals surface area contributed by atoms with Crippen LogP contribution in [-0.2, 0) is 11.2 Å². The molecule has 0 radical (unpaired) electrons. The predicted octanol–water partition coefficient (Wildman–Crippen LogP) is 3.31. The summed E-state index contributed by atoms with van der Waals surface area (Å²) >= 11 is 0. The summed E-state index contributed by atoms with van der Waals surface area (Å²) in [7, 11) is 0. The molecule has 0 saturated carbocycles.